The monoisotopic (exact) mass is 291 g/mol. The minimum atomic E-state index is -0.690. The first kappa shape index (κ1) is 14.4. The summed E-state index contributed by atoms with van der Waals surface area (Å²) in [5, 5.41) is 16.2. The van der Waals surface area contributed by atoms with Crippen molar-refractivity contribution >= 4 is 23.4 Å². The smallest absolute Gasteiger partial charge is 0.301 e. The number of oxazole rings is 1. The lowest BCUT2D eigenvalue weighted by atomic mass is 10.2. The molecule has 0 saturated carbocycles. The van der Waals surface area contributed by atoms with Crippen molar-refractivity contribution in [2.75, 3.05) is 17.2 Å². The van der Waals surface area contributed by atoms with Gasteiger partial charge in [0, 0.05) is 12.6 Å². The van der Waals surface area contributed by atoms with E-state index in [2.05, 4.69) is 20.6 Å². The summed E-state index contributed by atoms with van der Waals surface area (Å²) in [7, 11) is 0. The van der Waals surface area contributed by atoms with E-state index in [0.717, 1.165) is 6.20 Å². The molecule has 2 heterocycles. The van der Waals surface area contributed by atoms with Crippen molar-refractivity contribution < 1.29 is 14.1 Å². The van der Waals surface area contributed by atoms with Crippen LogP contribution in [0.1, 0.15) is 23.0 Å². The predicted octanol–water partition coefficient (Wildman–Crippen LogP) is 1.97. The minimum absolute atomic E-state index is 0.0198. The summed E-state index contributed by atoms with van der Waals surface area (Å²) in [5.41, 5.74) is 0.0714. The number of anilines is 2. The number of hydrogen-bond acceptors (Lipinski definition) is 7. The van der Waals surface area contributed by atoms with Gasteiger partial charge in [0.15, 0.2) is 0 Å². The Morgan fingerprint density at radius 2 is 2.29 bits per heavy atom. The standard InChI is InChI=1S/C12H13N5O4/c1-3-13-10-4-8(9(5-14-10)17(19)20)11(18)16-12-15-7(2)6-21-12/h4-6H,3H2,1-2H3,(H,13,14)(H,15,16,18). The van der Waals surface area contributed by atoms with Gasteiger partial charge in [-0.05, 0) is 13.8 Å². The molecule has 0 unspecified atom stereocenters. The van der Waals surface area contributed by atoms with Crippen molar-refractivity contribution in [3.8, 4) is 0 Å². The molecule has 2 N–H and O–H groups in total. The third-order valence-corrected chi connectivity index (χ3v) is 2.52. The van der Waals surface area contributed by atoms with Crippen LogP contribution in [0.2, 0.25) is 0 Å². The highest BCUT2D eigenvalue weighted by Gasteiger charge is 2.22. The first-order valence-electron chi connectivity index (χ1n) is 6.13. The first-order valence-corrected chi connectivity index (χ1v) is 6.13. The Kier molecular flexibility index (Phi) is 4.12. The van der Waals surface area contributed by atoms with E-state index in [4.69, 9.17) is 4.42 Å². The molecule has 9 nitrogen and oxygen atoms in total. The topological polar surface area (TPSA) is 123 Å². The number of nitrogens with zero attached hydrogens (tertiary/aromatic N) is 3. The quantitative estimate of drug-likeness (QED) is 0.637. The molecule has 110 valence electrons. The Morgan fingerprint density at radius 1 is 1.52 bits per heavy atom. The third kappa shape index (κ3) is 3.32. The van der Waals surface area contributed by atoms with Crippen LogP contribution < -0.4 is 10.6 Å². The van der Waals surface area contributed by atoms with Gasteiger partial charge < -0.3 is 9.73 Å². The van der Waals surface area contributed by atoms with E-state index in [1.165, 1.54) is 12.3 Å². The molecule has 0 aliphatic rings. The zero-order chi connectivity index (χ0) is 15.4. The summed E-state index contributed by atoms with van der Waals surface area (Å²) < 4.78 is 4.99. The maximum Gasteiger partial charge on any atom is 0.301 e. The molecule has 9 heteroatoms. The van der Waals surface area contributed by atoms with Crippen LogP contribution in [0, 0.1) is 17.0 Å². The van der Waals surface area contributed by atoms with E-state index < -0.39 is 16.5 Å². The average molecular weight is 291 g/mol. The summed E-state index contributed by atoms with van der Waals surface area (Å²) in [4.78, 5) is 30.2. The Bertz CT molecular complexity index is 682. The SMILES string of the molecule is CCNc1cc(C(=O)Nc2nc(C)co2)c([N+](=O)[O-])cn1. The number of pyridine rings is 1. The lowest BCUT2D eigenvalue weighted by Crippen LogP contribution is -2.15. The number of nitro groups is 1. The molecule has 0 radical (unpaired) electrons. The second-order valence-electron chi connectivity index (χ2n) is 4.12. The lowest BCUT2D eigenvalue weighted by Gasteiger charge is -2.06. The molecule has 0 aliphatic carbocycles. The van der Waals surface area contributed by atoms with E-state index in [9.17, 15) is 14.9 Å². The summed E-state index contributed by atoms with van der Waals surface area (Å²) in [6, 6.07) is 1.29. The number of aryl methyl sites for hydroxylation is 1. The Balaban J connectivity index is 2.32. The fraction of sp³-hybridized carbons (Fsp3) is 0.250. The van der Waals surface area contributed by atoms with Gasteiger partial charge >= 0.3 is 6.01 Å². The largest absolute Gasteiger partial charge is 0.432 e. The highest BCUT2D eigenvalue weighted by Crippen LogP contribution is 2.21. The molecule has 0 atom stereocenters. The fourth-order valence-corrected chi connectivity index (χ4v) is 1.63. The summed E-state index contributed by atoms with van der Waals surface area (Å²) in [5.74, 6) is -0.318. The van der Waals surface area contributed by atoms with Gasteiger partial charge in [-0.15, -0.1) is 0 Å². The van der Waals surface area contributed by atoms with E-state index in [1.54, 1.807) is 6.92 Å². The number of carbonyl (C=O) groups excluding carboxylic acids is 1. The van der Waals surface area contributed by atoms with Crippen molar-refractivity contribution in [2.45, 2.75) is 13.8 Å². The molecule has 2 rings (SSSR count). The van der Waals surface area contributed by atoms with Crippen molar-refractivity contribution in [2.24, 2.45) is 0 Å². The van der Waals surface area contributed by atoms with Crippen molar-refractivity contribution in [1.29, 1.82) is 0 Å². The summed E-state index contributed by atoms with van der Waals surface area (Å²) >= 11 is 0. The molecule has 0 bridgehead atoms. The van der Waals surface area contributed by atoms with Crippen LogP contribution in [-0.2, 0) is 0 Å². The van der Waals surface area contributed by atoms with E-state index in [-0.39, 0.29) is 11.6 Å². The maximum atomic E-state index is 12.1. The van der Waals surface area contributed by atoms with Crippen LogP contribution in [0.3, 0.4) is 0 Å². The molecule has 1 amide bonds. The molecular weight excluding hydrogens is 278 g/mol. The zero-order valence-electron chi connectivity index (χ0n) is 11.4. The predicted molar refractivity (Wildman–Crippen MR) is 74.2 cm³/mol. The number of nitrogens with one attached hydrogen (secondary N) is 2. The normalized spacial score (nSPS) is 10.2. The zero-order valence-corrected chi connectivity index (χ0v) is 11.4. The second kappa shape index (κ2) is 5.99. The van der Waals surface area contributed by atoms with Gasteiger partial charge in [-0.25, -0.2) is 4.98 Å². The fourth-order valence-electron chi connectivity index (χ4n) is 1.63. The van der Waals surface area contributed by atoms with Gasteiger partial charge in [-0.2, -0.15) is 4.98 Å². The molecule has 2 aromatic rings. The molecule has 0 aromatic carbocycles. The van der Waals surface area contributed by atoms with Crippen molar-refractivity contribution in [3.63, 3.8) is 0 Å². The van der Waals surface area contributed by atoms with Crippen molar-refractivity contribution in [1.82, 2.24) is 9.97 Å². The molecular formula is C12H13N5O4. The van der Waals surface area contributed by atoms with E-state index in [1.807, 2.05) is 6.92 Å². The van der Waals surface area contributed by atoms with Crippen LogP contribution in [0.25, 0.3) is 0 Å². The number of amides is 1. The first-order chi connectivity index (χ1) is 10.0. The van der Waals surface area contributed by atoms with Gasteiger partial charge in [0.2, 0.25) is 0 Å². The summed E-state index contributed by atoms with van der Waals surface area (Å²) in [6.45, 7) is 4.11. The molecule has 21 heavy (non-hydrogen) atoms. The Labute approximate surface area is 119 Å². The number of rotatable bonds is 5. The van der Waals surface area contributed by atoms with Crippen LogP contribution in [0.4, 0.5) is 17.5 Å². The second-order valence-corrected chi connectivity index (χ2v) is 4.12. The van der Waals surface area contributed by atoms with Crippen molar-refractivity contribution in [3.05, 3.63) is 39.9 Å². The third-order valence-electron chi connectivity index (χ3n) is 2.52. The van der Waals surface area contributed by atoms with Gasteiger partial charge in [0.25, 0.3) is 11.6 Å². The van der Waals surface area contributed by atoms with E-state index >= 15 is 0 Å². The van der Waals surface area contributed by atoms with Crippen LogP contribution in [0.5, 0.6) is 0 Å². The minimum Gasteiger partial charge on any atom is -0.432 e. The molecule has 0 spiro atoms. The number of hydrogen-bond donors (Lipinski definition) is 2. The molecule has 0 aliphatic heterocycles. The lowest BCUT2D eigenvalue weighted by molar-refractivity contribution is -0.385. The molecule has 0 saturated heterocycles. The average Bonchev–Trinajstić information content (AvgIpc) is 2.84. The van der Waals surface area contributed by atoms with Gasteiger partial charge in [0.05, 0.1) is 10.6 Å². The van der Waals surface area contributed by atoms with E-state index in [0.29, 0.717) is 18.1 Å². The van der Waals surface area contributed by atoms with Gasteiger partial charge in [0.1, 0.15) is 23.8 Å². The Morgan fingerprint density at radius 3 is 2.86 bits per heavy atom. The maximum absolute atomic E-state index is 12.1. The van der Waals surface area contributed by atoms with Crippen LogP contribution in [0.15, 0.2) is 22.9 Å². The molecule has 0 fully saturated rings. The van der Waals surface area contributed by atoms with Crippen LogP contribution >= 0.6 is 0 Å². The van der Waals surface area contributed by atoms with Gasteiger partial charge in [-0.1, -0.05) is 0 Å². The van der Waals surface area contributed by atoms with Gasteiger partial charge in [-0.3, -0.25) is 20.2 Å². The number of carbonyl (C=O) groups is 1. The van der Waals surface area contributed by atoms with Crippen LogP contribution in [-0.4, -0.2) is 27.3 Å². The summed E-state index contributed by atoms with van der Waals surface area (Å²) in [6.07, 6.45) is 2.40. The highest BCUT2D eigenvalue weighted by molar-refractivity contribution is 6.06. The highest BCUT2D eigenvalue weighted by atomic mass is 16.6. The molecule has 2 aromatic heterocycles. The number of aromatic nitrogens is 2. The Hall–Kier alpha value is -2.97.